The van der Waals surface area contributed by atoms with Gasteiger partial charge in [-0.25, -0.2) is 4.79 Å². The number of hydrogen-bond acceptors (Lipinski definition) is 6. The lowest BCUT2D eigenvalue weighted by molar-refractivity contribution is -0.140. The van der Waals surface area contributed by atoms with Gasteiger partial charge in [-0.2, -0.15) is 0 Å². The SMILES string of the molecule is C[C@@]1(c2ccco2)NC(=O)N(CC(=O)N2CCN(C(=O)c3cccs3)CC2)C1=O. The van der Waals surface area contributed by atoms with E-state index in [0.717, 1.165) is 4.90 Å². The first kappa shape index (κ1) is 19.2. The Balaban J connectivity index is 1.36. The van der Waals surface area contributed by atoms with Gasteiger partial charge in [0.25, 0.3) is 11.8 Å². The highest BCUT2D eigenvalue weighted by Gasteiger charge is 2.51. The van der Waals surface area contributed by atoms with E-state index in [2.05, 4.69) is 5.32 Å². The molecule has 0 radical (unpaired) electrons. The van der Waals surface area contributed by atoms with Gasteiger partial charge in [-0.1, -0.05) is 6.07 Å². The van der Waals surface area contributed by atoms with Crippen LogP contribution in [0.2, 0.25) is 0 Å². The Bertz CT molecular complexity index is 934. The number of amides is 5. The van der Waals surface area contributed by atoms with Crippen molar-refractivity contribution < 1.29 is 23.6 Å². The van der Waals surface area contributed by atoms with Crippen molar-refractivity contribution in [3.05, 3.63) is 46.5 Å². The van der Waals surface area contributed by atoms with Gasteiger partial charge >= 0.3 is 6.03 Å². The lowest BCUT2D eigenvalue weighted by Crippen LogP contribution is -2.53. The molecule has 2 aliphatic rings. The number of imide groups is 1. The van der Waals surface area contributed by atoms with Gasteiger partial charge in [0.2, 0.25) is 5.91 Å². The van der Waals surface area contributed by atoms with Crippen molar-refractivity contribution in [3.63, 3.8) is 0 Å². The molecule has 2 fully saturated rings. The minimum Gasteiger partial charge on any atom is -0.466 e. The summed E-state index contributed by atoms with van der Waals surface area (Å²) < 4.78 is 5.28. The number of furan rings is 1. The molecule has 0 unspecified atom stereocenters. The zero-order valence-electron chi connectivity index (χ0n) is 15.8. The van der Waals surface area contributed by atoms with Crippen molar-refractivity contribution in [2.24, 2.45) is 0 Å². The molecule has 2 aromatic rings. The largest absolute Gasteiger partial charge is 0.466 e. The van der Waals surface area contributed by atoms with E-state index in [-0.39, 0.29) is 18.4 Å². The summed E-state index contributed by atoms with van der Waals surface area (Å²) >= 11 is 1.38. The molecule has 4 heterocycles. The fourth-order valence-corrected chi connectivity index (χ4v) is 4.21. The standard InChI is InChI=1S/C19H20N4O5S/c1-19(14-5-2-10-28-14)17(26)23(18(27)20-19)12-15(24)21-6-8-22(9-7-21)16(25)13-4-3-11-29-13/h2-5,10-11H,6-9,12H2,1H3,(H,20,27)/t19-/m0/s1. The van der Waals surface area contributed by atoms with Crippen LogP contribution in [0.15, 0.2) is 40.3 Å². The number of nitrogens with zero attached hydrogens (tertiary/aromatic N) is 3. The Morgan fingerprint density at radius 2 is 1.86 bits per heavy atom. The first-order valence-corrected chi connectivity index (χ1v) is 10.1. The molecule has 9 nitrogen and oxygen atoms in total. The third kappa shape index (κ3) is 3.39. The Morgan fingerprint density at radius 1 is 1.14 bits per heavy atom. The molecule has 0 aliphatic carbocycles. The number of nitrogens with one attached hydrogen (secondary N) is 1. The summed E-state index contributed by atoms with van der Waals surface area (Å²) in [7, 11) is 0. The van der Waals surface area contributed by atoms with Crippen molar-refractivity contribution in [2.45, 2.75) is 12.5 Å². The highest BCUT2D eigenvalue weighted by molar-refractivity contribution is 7.12. The molecule has 2 aromatic heterocycles. The molecule has 2 saturated heterocycles. The summed E-state index contributed by atoms with van der Waals surface area (Å²) in [6.07, 6.45) is 1.42. The number of carbonyl (C=O) groups excluding carboxylic acids is 4. The highest BCUT2D eigenvalue weighted by atomic mass is 32.1. The average Bonchev–Trinajstić information content (AvgIpc) is 3.47. The predicted molar refractivity (Wildman–Crippen MR) is 103 cm³/mol. The van der Waals surface area contributed by atoms with Gasteiger partial charge in [0, 0.05) is 26.2 Å². The second-order valence-corrected chi connectivity index (χ2v) is 8.02. The Hall–Kier alpha value is -3.14. The molecule has 10 heteroatoms. The van der Waals surface area contributed by atoms with Gasteiger partial charge < -0.3 is 19.5 Å². The summed E-state index contributed by atoms with van der Waals surface area (Å²) in [6.45, 7) is 2.73. The molecule has 0 bridgehead atoms. The Kier molecular flexibility index (Phi) is 4.87. The van der Waals surface area contributed by atoms with Crippen LogP contribution in [0.5, 0.6) is 0 Å². The van der Waals surface area contributed by atoms with E-state index < -0.39 is 17.5 Å². The summed E-state index contributed by atoms with van der Waals surface area (Å²) in [6, 6.07) is 6.21. The lowest BCUT2D eigenvalue weighted by atomic mass is 9.99. The van der Waals surface area contributed by atoms with E-state index in [1.165, 1.54) is 17.6 Å². The fraction of sp³-hybridized carbons (Fsp3) is 0.368. The quantitative estimate of drug-likeness (QED) is 0.752. The normalized spacial score (nSPS) is 22.2. The second kappa shape index (κ2) is 7.36. The molecule has 0 saturated carbocycles. The summed E-state index contributed by atoms with van der Waals surface area (Å²) in [5.74, 6) is -0.598. The van der Waals surface area contributed by atoms with Crippen molar-refractivity contribution in [1.82, 2.24) is 20.0 Å². The van der Waals surface area contributed by atoms with Gasteiger partial charge in [-0.15, -0.1) is 11.3 Å². The van der Waals surface area contributed by atoms with Crippen LogP contribution in [0.4, 0.5) is 4.79 Å². The number of thiophene rings is 1. The molecule has 152 valence electrons. The zero-order chi connectivity index (χ0) is 20.6. The van der Waals surface area contributed by atoms with E-state index in [1.807, 2.05) is 11.4 Å². The Morgan fingerprint density at radius 3 is 2.48 bits per heavy atom. The van der Waals surface area contributed by atoms with Gasteiger partial charge in [0.1, 0.15) is 12.3 Å². The molecule has 1 atom stereocenters. The van der Waals surface area contributed by atoms with E-state index in [4.69, 9.17) is 4.42 Å². The molecule has 0 spiro atoms. The number of rotatable bonds is 4. The van der Waals surface area contributed by atoms with Crippen LogP contribution in [-0.4, -0.2) is 71.2 Å². The van der Waals surface area contributed by atoms with Crippen LogP contribution in [-0.2, 0) is 15.1 Å². The van der Waals surface area contributed by atoms with E-state index >= 15 is 0 Å². The average molecular weight is 416 g/mol. The minimum atomic E-state index is -1.33. The molecule has 4 rings (SSSR count). The summed E-state index contributed by atoms with van der Waals surface area (Å²) in [4.78, 5) is 55.0. The maximum Gasteiger partial charge on any atom is 0.325 e. The minimum absolute atomic E-state index is 0.0459. The van der Waals surface area contributed by atoms with Crippen molar-refractivity contribution in [3.8, 4) is 0 Å². The summed E-state index contributed by atoms with van der Waals surface area (Å²) in [5, 5.41) is 4.45. The van der Waals surface area contributed by atoms with E-state index in [0.29, 0.717) is 36.8 Å². The van der Waals surface area contributed by atoms with Gasteiger partial charge in [0.05, 0.1) is 11.1 Å². The second-order valence-electron chi connectivity index (χ2n) is 7.07. The van der Waals surface area contributed by atoms with Crippen LogP contribution < -0.4 is 5.32 Å². The molecule has 29 heavy (non-hydrogen) atoms. The van der Waals surface area contributed by atoms with Gasteiger partial charge in [-0.05, 0) is 30.5 Å². The topological polar surface area (TPSA) is 103 Å². The molecule has 0 aromatic carbocycles. The molecular weight excluding hydrogens is 396 g/mol. The van der Waals surface area contributed by atoms with E-state index in [9.17, 15) is 19.2 Å². The molecule has 2 aliphatic heterocycles. The van der Waals surface area contributed by atoms with Gasteiger partial charge in [-0.3, -0.25) is 19.3 Å². The number of carbonyl (C=O) groups is 4. The molecular formula is C19H20N4O5S. The van der Waals surface area contributed by atoms with Gasteiger partial charge in [0.15, 0.2) is 5.54 Å². The van der Waals surface area contributed by atoms with Crippen molar-refractivity contribution in [1.29, 1.82) is 0 Å². The smallest absolute Gasteiger partial charge is 0.325 e. The van der Waals surface area contributed by atoms with Crippen molar-refractivity contribution >= 4 is 35.1 Å². The monoisotopic (exact) mass is 416 g/mol. The molecule has 1 N–H and O–H groups in total. The maximum absolute atomic E-state index is 12.8. The maximum atomic E-state index is 12.8. The van der Waals surface area contributed by atoms with E-state index in [1.54, 1.807) is 34.9 Å². The van der Waals surface area contributed by atoms with Crippen LogP contribution in [0.1, 0.15) is 22.4 Å². The van der Waals surface area contributed by atoms with Crippen LogP contribution in [0.3, 0.4) is 0 Å². The number of piperazine rings is 1. The Labute approximate surface area is 170 Å². The zero-order valence-corrected chi connectivity index (χ0v) is 16.6. The van der Waals surface area contributed by atoms with Crippen LogP contribution in [0.25, 0.3) is 0 Å². The highest BCUT2D eigenvalue weighted by Crippen LogP contribution is 2.29. The third-order valence-electron chi connectivity index (χ3n) is 5.23. The first-order valence-electron chi connectivity index (χ1n) is 9.19. The fourth-order valence-electron chi connectivity index (χ4n) is 3.52. The first-order chi connectivity index (χ1) is 13.9. The summed E-state index contributed by atoms with van der Waals surface area (Å²) in [5.41, 5.74) is -1.33. The van der Waals surface area contributed by atoms with Crippen molar-refractivity contribution in [2.75, 3.05) is 32.7 Å². The van der Waals surface area contributed by atoms with Crippen LogP contribution in [0, 0.1) is 0 Å². The molecule has 5 amide bonds. The van der Waals surface area contributed by atoms with Crippen LogP contribution >= 0.6 is 11.3 Å². The number of hydrogen-bond donors (Lipinski definition) is 1. The lowest BCUT2D eigenvalue weighted by Gasteiger charge is -2.35. The third-order valence-corrected chi connectivity index (χ3v) is 6.09. The number of urea groups is 1. The predicted octanol–water partition coefficient (Wildman–Crippen LogP) is 1.09.